The lowest BCUT2D eigenvalue weighted by Gasteiger charge is -2.22. The minimum Gasteiger partial charge on any atom is -0.267 e. The first kappa shape index (κ1) is 19.5. The summed E-state index contributed by atoms with van der Waals surface area (Å²) in [6, 6.07) is 27.3. The van der Waals surface area contributed by atoms with Crippen LogP contribution in [0.1, 0.15) is 18.1 Å². The van der Waals surface area contributed by atoms with Crippen molar-refractivity contribution in [2.75, 3.05) is 10.8 Å². The van der Waals surface area contributed by atoms with Crippen molar-refractivity contribution < 1.29 is 8.42 Å². The number of rotatable bonds is 5. The second-order valence-electron chi connectivity index (χ2n) is 7.55. The van der Waals surface area contributed by atoms with Gasteiger partial charge in [0.05, 0.1) is 11.4 Å². The number of fused-ring (bicyclic) bond motifs is 3. The topological polar surface area (TPSA) is 50.3 Å². The number of pyridine rings is 1. The fraction of sp³-hybridized carbons (Fsp3) is 0.115. The second kappa shape index (κ2) is 7.67. The van der Waals surface area contributed by atoms with Crippen LogP contribution in [-0.4, -0.2) is 19.9 Å². The Bertz CT molecular complexity index is 1350. The molecule has 0 aliphatic heterocycles. The SMILES string of the molecule is CCN(c1ccccc1)S(=O)(=O)c1ccc(-c2cccc3c2Cc2ccccc2-3)nc1. The number of sulfonamides is 1. The number of nitrogens with zero attached hydrogens (tertiary/aromatic N) is 2. The summed E-state index contributed by atoms with van der Waals surface area (Å²) in [5, 5.41) is 0. The first-order valence-corrected chi connectivity index (χ1v) is 11.8. The van der Waals surface area contributed by atoms with Crippen molar-refractivity contribution in [3.63, 3.8) is 0 Å². The van der Waals surface area contributed by atoms with E-state index in [1.165, 1.54) is 32.8 Å². The van der Waals surface area contributed by atoms with Crippen molar-refractivity contribution >= 4 is 15.7 Å². The molecule has 1 aliphatic carbocycles. The zero-order valence-electron chi connectivity index (χ0n) is 17.2. The summed E-state index contributed by atoms with van der Waals surface area (Å²) in [5.74, 6) is 0. The van der Waals surface area contributed by atoms with Gasteiger partial charge >= 0.3 is 0 Å². The quantitative estimate of drug-likeness (QED) is 0.371. The summed E-state index contributed by atoms with van der Waals surface area (Å²) in [6.45, 7) is 2.18. The van der Waals surface area contributed by atoms with Gasteiger partial charge < -0.3 is 0 Å². The monoisotopic (exact) mass is 426 g/mol. The van der Waals surface area contributed by atoms with Crippen molar-refractivity contribution in [1.82, 2.24) is 4.98 Å². The van der Waals surface area contributed by atoms with E-state index < -0.39 is 10.0 Å². The van der Waals surface area contributed by atoms with Crippen molar-refractivity contribution in [1.29, 1.82) is 0 Å². The van der Waals surface area contributed by atoms with E-state index in [-0.39, 0.29) is 4.90 Å². The van der Waals surface area contributed by atoms with Crippen LogP contribution < -0.4 is 4.31 Å². The molecule has 0 saturated heterocycles. The highest BCUT2D eigenvalue weighted by molar-refractivity contribution is 7.92. The third-order valence-electron chi connectivity index (χ3n) is 5.78. The molecule has 0 fully saturated rings. The van der Waals surface area contributed by atoms with Crippen LogP contribution in [0.25, 0.3) is 22.4 Å². The molecular formula is C26H22N2O2S. The molecule has 1 heterocycles. The van der Waals surface area contributed by atoms with Gasteiger partial charge in [-0.3, -0.25) is 9.29 Å². The standard InChI is InChI=1S/C26H22N2O2S/c1-2-28(20-10-4-3-5-11-20)31(29,30)21-15-16-26(27-18-21)24-14-8-13-23-22-12-7-6-9-19(22)17-25(23)24/h3-16,18H,2,17H2,1H3. The van der Waals surface area contributed by atoms with E-state index in [2.05, 4.69) is 41.4 Å². The maximum Gasteiger partial charge on any atom is 0.265 e. The maximum atomic E-state index is 13.2. The second-order valence-corrected chi connectivity index (χ2v) is 9.41. The Hall–Kier alpha value is -3.44. The van der Waals surface area contributed by atoms with Gasteiger partial charge in [-0.1, -0.05) is 60.7 Å². The van der Waals surface area contributed by atoms with Crippen molar-refractivity contribution in [3.05, 3.63) is 102 Å². The van der Waals surface area contributed by atoms with Gasteiger partial charge in [-0.2, -0.15) is 0 Å². The Morgan fingerprint density at radius 2 is 1.52 bits per heavy atom. The Labute approximate surface area is 182 Å². The first-order valence-electron chi connectivity index (χ1n) is 10.3. The van der Waals surface area contributed by atoms with Crippen LogP contribution in [0.2, 0.25) is 0 Å². The minimum atomic E-state index is -3.69. The average Bonchev–Trinajstić information content (AvgIpc) is 3.19. The predicted molar refractivity (Wildman–Crippen MR) is 125 cm³/mol. The third kappa shape index (κ3) is 3.31. The molecule has 0 saturated carbocycles. The van der Waals surface area contributed by atoms with E-state index >= 15 is 0 Å². The van der Waals surface area contributed by atoms with Gasteiger partial charge in [0.25, 0.3) is 10.0 Å². The number of aromatic nitrogens is 1. The number of hydrogen-bond donors (Lipinski definition) is 0. The molecule has 0 unspecified atom stereocenters. The van der Waals surface area contributed by atoms with Gasteiger partial charge in [0.15, 0.2) is 0 Å². The smallest absolute Gasteiger partial charge is 0.265 e. The summed E-state index contributed by atoms with van der Waals surface area (Å²) < 4.78 is 27.9. The lowest BCUT2D eigenvalue weighted by Crippen LogP contribution is -2.30. The largest absolute Gasteiger partial charge is 0.267 e. The fourth-order valence-electron chi connectivity index (χ4n) is 4.30. The number of hydrogen-bond acceptors (Lipinski definition) is 3. The van der Waals surface area contributed by atoms with Crippen LogP contribution in [0.3, 0.4) is 0 Å². The Morgan fingerprint density at radius 1 is 0.806 bits per heavy atom. The molecule has 0 atom stereocenters. The lowest BCUT2D eigenvalue weighted by molar-refractivity contribution is 0.591. The summed E-state index contributed by atoms with van der Waals surface area (Å²) in [6.07, 6.45) is 2.33. The molecule has 31 heavy (non-hydrogen) atoms. The molecule has 0 amide bonds. The first-order chi connectivity index (χ1) is 15.1. The van der Waals surface area contributed by atoms with E-state index in [9.17, 15) is 8.42 Å². The van der Waals surface area contributed by atoms with Crippen LogP contribution >= 0.6 is 0 Å². The number of para-hydroxylation sites is 1. The molecule has 5 rings (SSSR count). The molecule has 0 bridgehead atoms. The molecule has 3 aromatic carbocycles. The molecule has 0 radical (unpaired) electrons. The normalized spacial score (nSPS) is 12.3. The van der Waals surface area contributed by atoms with Crippen LogP contribution in [0.5, 0.6) is 0 Å². The van der Waals surface area contributed by atoms with Crippen LogP contribution in [0.4, 0.5) is 5.69 Å². The molecule has 154 valence electrons. The van der Waals surface area contributed by atoms with Gasteiger partial charge in [0, 0.05) is 18.3 Å². The van der Waals surface area contributed by atoms with Crippen LogP contribution in [0, 0.1) is 0 Å². The summed E-state index contributed by atoms with van der Waals surface area (Å²) >= 11 is 0. The molecule has 0 N–H and O–H groups in total. The molecule has 1 aromatic heterocycles. The van der Waals surface area contributed by atoms with Gasteiger partial charge in [-0.15, -0.1) is 0 Å². The summed E-state index contributed by atoms with van der Waals surface area (Å²) in [7, 11) is -3.69. The van der Waals surface area contributed by atoms with Crippen LogP contribution in [-0.2, 0) is 16.4 Å². The van der Waals surface area contributed by atoms with E-state index in [0.29, 0.717) is 12.2 Å². The fourth-order valence-corrected chi connectivity index (χ4v) is 5.72. The Morgan fingerprint density at radius 3 is 2.26 bits per heavy atom. The van der Waals surface area contributed by atoms with E-state index in [1.807, 2.05) is 37.3 Å². The van der Waals surface area contributed by atoms with Gasteiger partial charge in [-0.25, -0.2) is 8.42 Å². The molecule has 0 spiro atoms. The molecule has 5 heteroatoms. The van der Waals surface area contributed by atoms with Crippen molar-refractivity contribution in [3.8, 4) is 22.4 Å². The predicted octanol–water partition coefficient (Wildman–Crippen LogP) is 5.54. The summed E-state index contributed by atoms with van der Waals surface area (Å²) in [5.41, 5.74) is 7.52. The van der Waals surface area contributed by atoms with E-state index in [1.54, 1.807) is 18.2 Å². The zero-order chi connectivity index (χ0) is 21.4. The van der Waals surface area contributed by atoms with E-state index in [0.717, 1.165) is 17.7 Å². The Kier molecular flexibility index (Phi) is 4.83. The van der Waals surface area contributed by atoms with Crippen molar-refractivity contribution in [2.24, 2.45) is 0 Å². The average molecular weight is 427 g/mol. The van der Waals surface area contributed by atoms with Gasteiger partial charge in [-0.05, 0) is 59.9 Å². The lowest BCUT2D eigenvalue weighted by atomic mass is 9.99. The van der Waals surface area contributed by atoms with Gasteiger partial charge in [0.2, 0.25) is 0 Å². The van der Waals surface area contributed by atoms with Crippen LogP contribution in [0.15, 0.2) is 96.0 Å². The maximum absolute atomic E-state index is 13.2. The third-order valence-corrected chi connectivity index (χ3v) is 7.67. The molecular weight excluding hydrogens is 404 g/mol. The number of anilines is 1. The number of benzene rings is 3. The highest BCUT2D eigenvalue weighted by Gasteiger charge is 2.25. The Balaban J connectivity index is 1.51. The molecule has 4 aromatic rings. The summed E-state index contributed by atoms with van der Waals surface area (Å²) in [4.78, 5) is 4.75. The zero-order valence-corrected chi connectivity index (χ0v) is 18.0. The minimum absolute atomic E-state index is 0.192. The highest BCUT2D eigenvalue weighted by Crippen LogP contribution is 2.41. The highest BCUT2D eigenvalue weighted by atomic mass is 32.2. The van der Waals surface area contributed by atoms with Gasteiger partial charge in [0.1, 0.15) is 4.90 Å². The van der Waals surface area contributed by atoms with E-state index in [4.69, 9.17) is 0 Å². The molecule has 1 aliphatic rings. The van der Waals surface area contributed by atoms with Crippen molar-refractivity contribution in [2.45, 2.75) is 18.2 Å². The molecule has 4 nitrogen and oxygen atoms in total.